The molecule has 0 spiro atoms. The minimum atomic E-state index is -0.778. The first-order chi connectivity index (χ1) is 10.0. The highest BCUT2D eigenvalue weighted by atomic mass is 35.5. The monoisotopic (exact) mass is 308 g/mol. The van der Waals surface area contributed by atoms with Gasteiger partial charge in [-0.15, -0.1) is 0 Å². The van der Waals surface area contributed by atoms with E-state index in [1.165, 1.54) is 19.2 Å². The molecule has 0 bridgehead atoms. The quantitative estimate of drug-likeness (QED) is 0.626. The van der Waals surface area contributed by atoms with Crippen LogP contribution >= 0.6 is 11.6 Å². The molecule has 6 heteroatoms. The maximum absolute atomic E-state index is 12.2. The smallest absolute Gasteiger partial charge is 0.373 e. The predicted octanol–water partition coefficient (Wildman–Crippen LogP) is 3.37. The summed E-state index contributed by atoms with van der Waals surface area (Å²) < 4.78 is 15.2. The lowest BCUT2D eigenvalue weighted by Crippen LogP contribution is -2.23. The number of Topliss-reactive ketones (excluding diaryl/α,β-unsaturated/α-hetero) is 1. The number of hydrogen-bond acceptors (Lipinski definition) is 5. The van der Waals surface area contributed by atoms with E-state index in [0.29, 0.717) is 10.8 Å². The van der Waals surface area contributed by atoms with Gasteiger partial charge in [-0.1, -0.05) is 17.7 Å². The van der Waals surface area contributed by atoms with Crippen molar-refractivity contribution in [2.45, 2.75) is 13.0 Å². The Hall–Kier alpha value is -2.27. The first-order valence-corrected chi connectivity index (χ1v) is 6.53. The van der Waals surface area contributed by atoms with E-state index < -0.39 is 12.1 Å². The van der Waals surface area contributed by atoms with E-state index in [2.05, 4.69) is 4.74 Å². The van der Waals surface area contributed by atoms with Gasteiger partial charge in [-0.05, 0) is 37.3 Å². The van der Waals surface area contributed by atoms with Crippen LogP contribution in [0.4, 0.5) is 0 Å². The minimum absolute atomic E-state index is 0.0317. The van der Waals surface area contributed by atoms with E-state index in [9.17, 15) is 9.59 Å². The standard InChI is InChI=1S/C15H13ClO5/c1-9(20-11-5-3-4-10(16)8-11)14(17)12-6-7-13(21-12)15(18)19-2/h3-9H,1-2H3. The molecule has 1 atom stereocenters. The van der Waals surface area contributed by atoms with Crippen LogP contribution in [0.25, 0.3) is 0 Å². The average molecular weight is 309 g/mol. The Morgan fingerprint density at radius 3 is 2.57 bits per heavy atom. The first kappa shape index (κ1) is 15.1. The van der Waals surface area contributed by atoms with Gasteiger partial charge in [0.25, 0.3) is 0 Å². The highest BCUT2D eigenvalue weighted by molar-refractivity contribution is 6.30. The van der Waals surface area contributed by atoms with Crippen LogP contribution < -0.4 is 4.74 Å². The van der Waals surface area contributed by atoms with Gasteiger partial charge in [-0.3, -0.25) is 4.79 Å². The Balaban J connectivity index is 2.08. The van der Waals surface area contributed by atoms with Crippen molar-refractivity contribution < 1.29 is 23.5 Å². The summed E-state index contributed by atoms with van der Waals surface area (Å²) in [4.78, 5) is 23.4. The lowest BCUT2D eigenvalue weighted by Gasteiger charge is -2.12. The number of ether oxygens (including phenoxy) is 2. The summed E-state index contributed by atoms with van der Waals surface area (Å²) in [7, 11) is 1.23. The first-order valence-electron chi connectivity index (χ1n) is 6.16. The number of carbonyl (C=O) groups excluding carboxylic acids is 2. The fourth-order valence-electron chi connectivity index (χ4n) is 1.68. The fraction of sp³-hybridized carbons (Fsp3) is 0.200. The third-order valence-corrected chi connectivity index (χ3v) is 2.95. The van der Waals surface area contributed by atoms with Crippen LogP contribution in [0, 0.1) is 0 Å². The number of esters is 1. The fourth-order valence-corrected chi connectivity index (χ4v) is 1.86. The molecule has 0 fully saturated rings. The number of methoxy groups -OCH3 is 1. The van der Waals surface area contributed by atoms with E-state index in [-0.39, 0.29) is 17.3 Å². The van der Waals surface area contributed by atoms with Gasteiger partial charge in [-0.25, -0.2) is 4.79 Å². The lowest BCUT2D eigenvalue weighted by atomic mass is 10.2. The van der Waals surface area contributed by atoms with Gasteiger partial charge >= 0.3 is 5.97 Å². The summed E-state index contributed by atoms with van der Waals surface area (Å²) in [5.41, 5.74) is 0. The van der Waals surface area contributed by atoms with E-state index in [0.717, 1.165) is 0 Å². The lowest BCUT2D eigenvalue weighted by molar-refractivity contribution is 0.0560. The van der Waals surface area contributed by atoms with Crippen molar-refractivity contribution in [1.29, 1.82) is 0 Å². The van der Waals surface area contributed by atoms with Gasteiger partial charge in [0.15, 0.2) is 11.9 Å². The largest absolute Gasteiger partial charge is 0.482 e. The van der Waals surface area contributed by atoms with Gasteiger partial charge in [0.05, 0.1) is 7.11 Å². The van der Waals surface area contributed by atoms with Crippen LogP contribution in [-0.2, 0) is 4.74 Å². The highest BCUT2D eigenvalue weighted by Gasteiger charge is 2.22. The molecule has 0 saturated heterocycles. The normalized spacial score (nSPS) is 11.8. The molecule has 2 aromatic rings. The molecule has 0 saturated carbocycles. The second-order valence-electron chi connectivity index (χ2n) is 4.24. The van der Waals surface area contributed by atoms with Crippen molar-refractivity contribution in [2.75, 3.05) is 7.11 Å². The Kier molecular flexibility index (Phi) is 4.65. The number of benzene rings is 1. The number of hydrogen-bond donors (Lipinski definition) is 0. The molecule has 1 heterocycles. The molecular weight excluding hydrogens is 296 g/mol. The third-order valence-electron chi connectivity index (χ3n) is 2.71. The van der Waals surface area contributed by atoms with E-state index >= 15 is 0 Å². The number of furan rings is 1. The number of carbonyl (C=O) groups is 2. The molecule has 0 aliphatic heterocycles. The van der Waals surface area contributed by atoms with Gasteiger partial charge < -0.3 is 13.9 Å². The Morgan fingerprint density at radius 1 is 1.19 bits per heavy atom. The zero-order valence-corrected chi connectivity index (χ0v) is 12.2. The highest BCUT2D eigenvalue weighted by Crippen LogP contribution is 2.20. The van der Waals surface area contributed by atoms with Crippen LogP contribution in [0.5, 0.6) is 5.75 Å². The predicted molar refractivity (Wildman–Crippen MR) is 75.9 cm³/mol. The van der Waals surface area contributed by atoms with Gasteiger partial charge in [0.2, 0.25) is 11.5 Å². The summed E-state index contributed by atoms with van der Waals surface area (Å²) in [5.74, 6) is -0.550. The van der Waals surface area contributed by atoms with Crippen molar-refractivity contribution in [3.05, 3.63) is 52.9 Å². The molecule has 0 aliphatic rings. The third kappa shape index (κ3) is 3.64. The molecule has 110 valence electrons. The molecule has 2 rings (SSSR count). The Morgan fingerprint density at radius 2 is 1.90 bits per heavy atom. The second kappa shape index (κ2) is 6.45. The minimum Gasteiger partial charge on any atom is -0.482 e. The Bertz CT molecular complexity index is 662. The van der Waals surface area contributed by atoms with Gasteiger partial charge in [0.1, 0.15) is 5.75 Å². The summed E-state index contributed by atoms with van der Waals surface area (Å²) in [6.07, 6.45) is -0.778. The SMILES string of the molecule is COC(=O)c1ccc(C(=O)C(C)Oc2cccc(Cl)c2)o1. The maximum Gasteiger partial charge on any atom is 0.373 e. The zero-order valence-electron chi connectivity index (χ0n) is 11.5. The van der Waals surface area contributed by atoms with Crippen LogP contribution in [0.15, 0.2) is 40.8 Å². The number of ketones is 1. The van der Waals surface area contributed by atoms with Crippen molar-refractivity contribution in [3.8, 4) is 5.75 Å². The molecule has 1 aromatic heterocycles. The van der Waals surface area contributed by atoms with Crippen molar-refractivity contribution in [1.82, 2.24) is 0 Å². The van der Waals surface area contributed by atoms with Crippen LogP contribution in [0.2, 0.25) is 5.02 Å². The molecule has 5 nitrogen and oxygen atoms in total. The van der Waals surface area contributed by atoms with Gasteiger partial charge in [0, 0.05) is 5.02 Å². The molecule has 0 N–H and O–H groups in total. The van der Waals surface area contributed by atoms with Crippen molar-refractivity contribution >= 4 is 23.4 Å². The molecule has 0 radical (unpaired) electrons. The van der Waals surface area contributed by atoms with Crippen molar-refractivity contribution in [3.63, 3.8) is 0 Å². The van der Waals surface area contributed by atoms with Crippen molar-refractivity contribution in [2.24, 2.45) is 0 Å². The summed E-state index contributed by atoms with van der Waals surface area (Å²) in [5, 5.41) is 0.512. The second-order valence-corrected chi connectivity index (χ2v) is 4.67. The molecule has 1 unspecified atom stereocenters. The summed E-state index contributed by atoms with van der Waals surface area (Å²) >= 11 is 5.84. The van der Waals surface area contributed by atoms with Crippen LogP contribution in [0.1, 0.15) is 28.0 Å². The molecule has 21 heavy (non-hydrogen) atoms. The topological polar surface area (TPSA) is 65.7 Å². The summed E-state index contributed by atoms with van der Waals surface area (Å²) in [6.45, 7) is 1.59. The maximum atomic E-state index is 12.2. The van der Waals surface area contributed by atoms with Gasteiger partial charge in [-0.2, -0.15) is 0 Å². The van der Waals surface area contributed by atoms with Crippen LogP contribution in [-0.4, -0.2) is 25.0 Å². The molecular formula is C15H13ClO5. The zero-order chi connectivity index (χ0) is 15.4. The molecule has 0 aliphatic carbocycles. The summed E-state index contributed by atoms with van der Waals surface area (Å²) in [6, 6.07) is 9.51. The Labute approximate surface area is 126 Å². The average Bonchev–Trinajstić information content (AvgIpc) is 2.95. The number of halogens is 1. The van der Waals surface area contributed by atoms with E-state index in [4.69, 9.17) is 20.8 Å². The molecule has 1 aromatic carbocycles. The van der Waals surface area contributed by atoms with Crippen LogP contribution in [0.3, 0.4) is 0 Å². The number of rotatable bonds is 5. The van der Waals surface area contributed by atoms with E-state index in [1.807, 2.05) is 0 Å². The molecule has 0 amide bonds. The van der Waals surface area contributed by atoms with E-state index in [1.54, 1.807) is 31.2 Å².